The zero-order chi connectivity index (χ0) is 17.5. The van der Waals surface area contributed by atoms with Gasteiger partial charge in [-0.05, 0) is 12.1 Å². The van der Waals surface area contributed by atoms with Gasteiger partial charge in [0.2, 0.25) is 5.91 Å². The van der Waals surface area contributed by atoms with Crippen LogP contribution in [0.4, 0.5) is 4.39 Å². The van der Waals surface area contributed by atoms with Gasteiger partial charge < -0.3 is 19.3 Å². The first-order valence-corrected chi connectivity index (χ1v) is 8.00. The van der Waals surface area contributed by atoms with Gasteiger partial charge in [0, 0.05) is 33.3 Å². The summed E-state index contributed by atoms with van der Waals surface area (Å²) >= 11 is 5.93. The molecule has 2 amide bonds. The minimum atomic E-state index is -0.641. The predicted octanol–water partition coefficient (Wildman–Crippen LogP) is 1.43. The minimum Gasteiger partial charge on any atom is -0.382 e. The highest BCUT2D eigenvalue weighted by Gasteiger charge is 2.27. The third-order valence-electron chi connectivity index (χ3n) is 3.75. The molecule has 0 atom stereocenters. The molecular formula is C16H20ClFN2O4. The van der Waals surface area contributed by atoms with Crippen LogP contribution in [0.2, 0.25) is 5.02 Å². The van der Waals surface area contributed by atoms with Gasteiger partial charge >= 0.3 is 0 Å². The van der Waals surface area contributed by atoms with Crippen LogP contribution >= 0.6 is 11.6 Å². The zero-order valence-corrected chi connectivity index (χ0v) is 14.2. The van der Waals surface area contributed by atoms with Crippen LogP contribution in [0.15, 0.2) is 18.2 Å². The average molecular weight is 359 g/mol. The number of rotatable bonds is 6. The quantitative estimate of drug-likeness (QED) is 0.722. The number of carbonyl (C=O) groups is 2. The van der Waals surface area contributed by atoms with Gasteiger partial charge in [0.15, 0.2) is 0 Å². The second kappa shape index (κ2) is 8.96. The van der Waals surface area contributed by atoms with E-state index in [0.29, 0.717) is 39.4 Å². The summed E-state index contributed by atoms with van der Waals surface area (Å²) in [6.07, 6.45) is 0. The van der Waals surface area contributed by atoms with E-state index >= 15 is 0 Å². The molecule has 0 saturated carbocycles. The number of hydrogen-bond donors (Lipinski definition) is 0. The maximum atomic E-state index is 13.8. The van der Waals surface area contributed by atoms with E-state index in [1.165, 1.54) is 23.1 Å². The molecular weight excluding hydrogens is 339 g/mol. The van der Waals surface area contributed by atoms with Gasteiger partial charge in [-0.15, -0.1) is 0 Å². The first-order chi connectivity index (χ1) is 11.5. The Morgan fingerprint density at radius 1 is 1.17 bits per heavy atom. The van der Waals surface area contributed by atoms with Crippen LogP contribution in [0.25, 0.3) is 0 Å². The van der Waals surface area contributed by atoms with Crippen molar-refractivity contribution in [3.8, 4) is 0 Å². The molecule has 0 aliphatic carbocycles. The summed E-state index contributed by atoms with van der Waals surface area (Å²) in [4.78, 5) is 27.5. The third-order valence-corrected chi connectivity index (χ3v) is 4.07. The van der Waals surface area contributed by atoms with E-state index in [4.69, 9.17) is 21.1 Å². The van der Waals surface area contributed by atoms with Gasteiger partial charge in [-0.25, -0.2) is 4.39 Å². The Bertz CT molecular complexity index is 571. The SMILES string of the molecule is COCCOCC(=O)N1CCN(C(=O)c2c(F)cccc2Cl)CC1. The van der Waals surface area contributed by atoms with Crippen LogP contribution in [0.5, 0.6) is 0 Å². The number of hydrogen-bond acceptors (Lipinski definition) is 4. The van der Waals surface area contributed by atoms with Crippen molar-refractivity contribution in [2.45, 2.75) is 0 Å². The molecule has 2 rings (SSSR count). The molecule has 0 bridgehead atoms. The second-order valence-corrected chi connectivity index (χ2v) is 5.72. The molecule has 1 aromatic carbocycles. The van der Waals surface area contributed by atoms with Crippen molar-refractivity contribution in [3.63, 3.8) is 0 Å². The largest absolute Gasteiger partial charge is 0.382 e. The van der Waals surface area contributed by atoms with Crippen molar-refractivity contribution in [1.82, 2.24) is 9.80 Å². The Balaban J connectivity index is 1.86. The summed E-state index contributed by atoms with van der Waals surface area (Å²) in [6, 6.07) is 4.14. The number of benzene rings is 1. The molecule has 8 heteroatoms. The van der Waals surface area contributed by atoms with Gasteiger partial charge in [0.1, 0.15) is 12.4 Å². The lowest BCUT2D eigenvalue weighted by Crippen LogP contribution is -2.51. The normalized spacial score (nSPS) is 14.8. The molecule has 1 heterocycles. The van der Waals surface area contributed by atoms with E-state index in [-0.39, 0.29) is 23.1 Å². The van der Waals surface area contributed by atoms with Crippen LogP contribution in [-0.4, -0.2) is 74.7 Å². The molecule has 1 aromatic rings. The average Bonchev–Trinajstić information content (AvgIpc) is 2.58. The van der Waals surface area contributed by atoms with Crippen LogP contribution < -0.4 is 0 Å². The molecule has 6 nitrogen and oxygen atoms in total. The fourth-order valence-corrected chi connectivity index (χ4v) is 2.66. The number of methoxy groups -OCH3 is 1. The lowest BCUT2D eigenvalue weighted by atomic mass is 10.1. The van der Waals surface area contributed by atoms with E-state index in [2.05, 4.69) is 0 Å². The topological polar surface area (TPSA) is 59.1 Å². The van der Waals surface area contributed by atoms with E-state index in [0.717, 1.165) is 0 Å². The fourth-order valence-electron chi connectivity index (χ4n) is 2.41. The highest BCUT2D eigenvalue weighted by Crippen LogP contribution is 2.21. The summed E-state index contributed by atoms with van der Waals surface area (Å²) < 4.78 is 23.9. The molecule has 0 radical (unpaired) electrons. The lowest BCUT2D eigenvalue weighted by Gasteiger charge is -2.35. The number of ether oxygens (including phenoxy) is 2. The Morgan fingerprint density at radius 3 is 2.46 bits per heavy atom. The molecule has 0 spiro atoms. The highest BCUT2D eigenvalue weighted by molar-refractivity contribution is 6.33. The van der Waals surface area contributed by atoms with Crippen LogP contribution in [0.3, 0.4) is 0 Å². The van der Waals surface area contributed by atoms with Crippen LogP contribution in [0.1, 0.15) is 10.4 Å². The summed E-state index contributed by atoms with van der Waals surface area (Å²) in [5.74, 6) is -1.23. The Hall–Kier alpha value is -1.70. The molecule has 24 heavy (non-hydrogen) atoms. The molecule has 0 N–H and O–H groups in total. The molecule has 0 aromatic heterocycles. The van der Waals surface area contributed by atoms with Crippen LogP contribution in [0, 0.1) is 5.82 Å². The first kappa shape index (κ1) is 18.6. The standard InChI is InChI=1S/C16H20ClFN2O4/c1-23-9-10-24-11-14(21)19-5-7-20(8-6-19)16(22)15-12(17)3-2-4-13(15)18/h2-4H,5-11H2,1H3. The number of amides is 2. The maximum absolute atomic E-state index is 13.8. The third kappa shape index (κ3) is 4.66. The summed E-state index contributed by atoms with van der Waals surface area (Å²) in [6.45, 7) is 2.18. The van der Waals surface area contributed by atoms with E-state index in [1.54, 1.807) is 12.0 Å². The van der Waals surface area contributed by atoms with Crippen LogP contribution in [-0.2, 0) is 14.3 Å². The number of carbonyl (C=O) groups excluding carboxylic acids is 2. The Kier molecular flexibility index (Phi) is 6.96. The molecule has 1 saturated heterocycles. The smallest absolute Gasteiger partial charge is 0.258 e. The Labute approximate surface area is 145 Å². The minimum absolute atomic E-state index is 0.0174. The molecule has 1 fully saturated rings. The Morgan fingerprint density at radius 2 is 1.83 bits per heavy atom. The van der Waals surface area contributed by atoms with Gasteiger partial charge in [0.25, 0.3) is 5.91 Å². The lowest BCUT2D eigenvalue weighted by molar-refractivity contribution is -0.138. The molecule has 1 aliphatic heterocycles. The van der Waals surface area contributed by atoms with Crippen molar-refractivity contribution < 1.29 is 23.5 Å². The molecule has 132 valence electrons. The van der Waals surface area contributed by atoms with Gasteiger partial charge in [-0.3, -0.25) is 9.59 Å². The maximum Gasteiger partial charge on any atom is 0.258 e. The fraction of sp³-hybridized carbons (Fsp3) is 0.500. The summed E-state index contributed by atoms with van der Waals surface area (Å²) in [5.41, 5.74) is -0.123. The molecule has 0 unspecified atom stereocenters. The first-order valence-electron chi connectivity index (χ1n) is 7.62. The van der Waals surface area contributed by atoms with Gasteiger partial charge in [-0.1, -0.05) is 17.7 Å². The van der Waals surface area contributed by atoms with Gasteiger partial charge in [0.05, 0.1) is 23.8 Å². The summed E-state index contributed by atoms with van der Waals surface area (Å²) in [7, 11) is 1.56. The highest BCUT2D eigenvalue weighted by atomic mass is 35.5. The second-order valence-electron chi connectivity index (χ2n) is 5.32. The molecule has 1 aliphatic rings. The number of halogens is 2. The van der Waals surface area contributed by atoms with Crippen molar-refractivity contribution in [2.75, 3.05) is 53.1 Å². The summed E-state index contributed by atoms with van der Waals surface area (Å²) in [5, 5.41) is 0.0880. The van der Waals surface area contributed by atoms with E-state index in [9.17, 15) is 14.0 Å². The van der Waals surface area contributed by atoms with E-state index < -0.39 is 11.7 Å². The van der Waals surface area contributed by atoms with E-state index in [1.807, 2.05) is 0 Å². The number of piperazine rings is 1. The monoisotopic (exact) mass is 358 g/mol. The van der Waals surface area contributed by atoms with Crippen molar-refractivity contribution in [3.05, 3.63) is 34.6 Å². The van der Waals surface area contributed by atoms with Crippen molar-refractivity contribution in [2.24, 2.45) is 0 Å². The predicted molar refractivity (Wildman–Crippen MR) is 86.6 cm³/mol. The van der Waals surface area contributed by atoms with Gasteiger partial charge in [-0.2, -0.15) is 0 Å². The zero-order valence-electron chi connectivity index (χ0n) is 13.5. The van der Waals surface area contributed by atoms with Crippen molar-refractivity contribution >= 4 is 23.4 Å². The van der Waals surface area contributed by atoms with Crippen molar-refractivity contribution in [1.29, 1.82) is 0 Å². The number of nitrogens with zero attached hydrogens (tertiary/aromatic N) is 2.